The smallest absolute Gasteiger partial charge is 0.159 e. The van der Waals surface area contributed by atoms with Gasteiger partial charge in [0, 0.05) is 5.56 Å². The molecule has 0 aromatic heterocycles. The zero-order chi connectivity index (χ0) is 12.4. The predicted octanol–water partition coefficient (Wildman–Crippen LogP) is 3.11. The number of nitrogen functional groups attached to an aromatic ring is 2. The highest BCUT2D eigenvalue weighted by molar-refractivity contribution is 5.95. The maximum Gasteiger partial charge on any atom is 0.159 e. The van der Waals surface area contributed by atoms with Gasteiger partial charge in [-0.3, -0.25) is 4.79 Å². The van der Waals surface area contributed by atoms with Gasteiger partial charge < -0.3 is 11.5 Å². The van der Waals surface area contributed by atoms with E-state index in [1.807, 2.05) is 27.7 Å². The van der Waals surface area contributed by atoms with E-state index in [0.29, 0.717) is 16.9 Å². The van der Waals surface area contributed by atoms with Crippen molar-refractivity contribution < 1.29 is 4.79 Å². The van der Waals surface area contributed by atoms with Crippen LogP contribution in [0.15, 0.2) is 18.2 Å². The lowest BCUT2D eigenvalue weighted by Gasteiger charge is -2.00. The van der Waals surface area contributed by atoms with E-state index in [9.17, 15) is 4.79 Å². The zero-order valence-electron chi connectivity index (χ0n) is 10.3. The van der Waals surface area contributed by atoms with Crippen LogP contribution in [0, 0.1) is 0 Å². The molecule has 0 amide bonds. The maximum atomic E-state index is 10.8. The van der Waals surface area contributed by atoms with Crippen molar-refractivity contribution in [2.75, 3.05) is 11.5 Å². The third-order valence-electron chi connectivity index (χ3n) is 1.49. The summed E-state index contributed by atoms with van der Waals surface area (Å²) in [5.41, 5.74) is 12.5. The highest BCUT2D eigenvalue weighted by Crippen LogP contribution is 2.15. The minimum atomic E-state index is -0.00306. The summed E-state index contributed by atoms with van der Waals surface area (Å²) in [6, 6.07) is 4.87. The Bertz CT molecular complexity index is 296. The summed E-state index contributed by atoms with van der Waals surface area (Å²) in [6.07, 6.45) is 0. The van der Waals surface area contributed by atoms with Crippen LogP contribution < -0.4 is 11.5 Å². The van der Waals surface area contributed by atoms with Crippen molar-refractivity contribution in [1.82, 2.24) is 0 Å². The fraction of sp³-hybridized carbons (Fsp3) is 0.417. The first-order valence-corrected chi connectivity index (χ1v) is 5.27. The van der Waals surface area contributed by atoms with Gasteiger partial charge in [0.05, 0.1) is 11.4 Å². The average molecular weight is 210 g/mol. The second kappa shape index (κ2) is 9.06. The van der Waals surface area contributed by atoms with Gasteiger partial charge in [-0.1, -0.05) is 27.7 Å². The van der Waals surface area contributed by atoms with E-state index in [-0.39, 0.29) is 5.78 Å². The van der Waals surface area contributed by atoms with E-state index in [1.165, 1.54) is 6.92 Å². The van der Waals surface area contributed by atoms with E-state index < -0.39 is 0 Å². The monoisotopic (exact) mass is 210 g/mol. The van der Waals surface area contributed by atoms with E-state index in [0.717, 1.165) is 0 Å². The number of carbonyl (C=O) groups excluding carboxylic acids is 1. The van der Waals surface area contributed by atoms with E-state index in [4.69, 9.17) is 11.5 Å². The van der Waals surface area contributed by atoms with E-state index in [1.54, 1.807) is 18.2 Å². The Morgan fingerprint density at radius 3 is 1.80 bits per heavy atom. The summed E-state index contributed by atoms with van der Waals surface area (Å²) in [5.74, 6) is -0.00306. The Morgan fingerprint density at radius 2 is 1.47 bits per heavy atom. The van der Waals surface area contributed by atoms with Crippen LogP contribution in [-0.4, -0.2) is 5.78 Å². The van der Waals surface area contributed by atoms with Crippen molar-refractivity contribution in [3.63, 3.8) is 0 Å². The molecule has 0 heterocycles. The molecule has 0 bridgehead atoms. The molecule has 0 unspecified atom stereocenters. The molecule has 1 rings (SSSR count). The molecule has 0 spiro atoms. The van der Waals surface area contributed by atoms with Crippen molar-refractivity contribution >= 4 is 17.2 Å². The molecule has 0 atom stereocenters. The van der Waals surface area contributed by atoms with Crippen LogP contribution in [0.3, 0.4) is 0 Å². The third kappa shape index (κ3) is 5.73. The lowest BCUT2D eigenvalue weighted by atomic mass is 10.1. The fourth-order valence-corrected chi connectivity index (χ4v) is 0.794. The van der Waals surface area contributed by atoms with Crippen molar-refractivity contribution in [2.24, 2.45) is 0 Å². The Morgan fingerprint density at radius 1 is 1.00 bits per heavy atom. The molecule has 0 aliphatic rings. The van der Waals surface area contributed by atoms with Crippen molar-refractivity contribution in [3.8, 4) is 0 Å². The number of carbonyl (C=O) groups is 1. The van der Waals surface area contributed by atoms with Gasteiger partial charge in [0.15, 0.2) is 5.78 Å². The molecule has 0 radical (unpaired) electrons. The molecule has 0 saturated carbocycles. The van der Waals surface area contributed by atoms with Crippen molar-refractivity contribution in [1.29, 1.82) is 0 Å². The van der Waals surface area contributed by atoms with Gasteiger partial charge in [0.2, 0.25) is 0 Å². The van der Waals surface area contributed by atoms with Gasteiger partial charge >= 0.3 is 0 Å². The van der Waals surface area contributed by atoms with Crippen LogP contribution in [0.5, 0.6) is 0 Å². The Hall–Kier alpha value is -1.51. The Kier molecular flexibility index (Phi) is 9.63. The van der Waals surface area contributed by atoms with Crippen LogP contribution in [0.25, 0.3) is 0 Å². The lowest BCUT2D eigenvalue weighted by Crippen LogP contribution is -1.98. The summed E-state index contributed by atoms with van der Waals surface area (Å²) >= 11 is 0. The Balaban J connectivity index is 0. The molecule has 0 saturated heterocycles. The molecule has 86 valence electrons. The van der Waals surface area contributed by atoms with Crippen molar-refractivity contribution in [3.05, 3.63) is 23.8 Å². The number of hydrogen-bond acceptors (Lipinski definition) is 3. The molecule has 15 heavy (non-hydrogen) atoms. The largest absolute Gasteiger partial charge is 0.397 e. The second-order valence-electron chi connectivity index (χ2n) is 2.40. The summed E-state index contributed by atoms with van der Waals surface area (Å²) in [4.78, 5) is 10.8. The van der Waals surface area contributed by atoms with Gasteiger partial charge in [-0.2, -0.15) is 0 Å². The SMILES string of the molecule is CC.CC.CC(=O)c1ccc(N)c(N)c1. The summed E-state index contributed by atoms with van der Waals surface area (Å²) in [6.45, 7) is 9.49. The Labute approximate surface area is 92.5 Å². The van der Waals surface area contributed by atoms with Gasteiger partial charge in [-0.25, -0.2) is 0 Å². The predicted molar refractivity (Wildman–Crippen MR) is 68.0 cm³/mol. The molecule has 4 N–H and O–H groups in total. The minimum Gasteiger partial charge on any atom is -0.397 e. The van der Waals surface area contributed by atoms with Gasteiger partial charge in [-0.05, 0) is 25.1 Å². The first-order chi connectivity index (χ1) is 7.11. The van der Waals surface area contributed by atoms with Crippen molar-refractivity contribution in [2.45, 2.75) is 34.6 Å². The number of hydrogen-bond donors (Lipinski definition) is 2. The zero-order valence-corrected chi connectivity index (χ0v) is 10.3. The fourth-order valence-electron chi connectivity index (χ4n) is 0.794. The number of benzene rings is 1. The number of nitrogens with two attached hydrogens (primary N) is 2. The van der Waals surface area contributed by atoms with Crippen LogP contribution in [0.2, 0.25) is 0 Å². The molecular weight excluding hydrogens is 188 g/mol. The van der Waals surface area contributed by atoms with Crippen LogP contribution >= 0.6 is 0 Å². The molecule has 1 aromatic carbocycles. The van der Waals surface area contributed by atoms with Gasteiger partial charge in [0.25, 0.3) is 0 Å². The molecule has 3 nitrogen and oxygen atoms in total. The van der Waals surface area contributed by atoms with E-state index in [2.05, 4.69) is 0 Å². The summed E-state index contributed by atoms with van der Waals surface area (Å²) in [7, 11) is 0. The molecule has 0 aliphatic carbocycles. The molecule has 3 heteroatoms. The number of ketones is 1. The maximum absolute atomic E-state index is 10.8. The van der Waals surface area contributed by atoms with Gasteiger partial charge in [-0.15, -0.1) is 0 Å². The topological polar surface area (TPSA) is 69.1 Å². The quantitative estimate of drug-likeness (QED) is 0.552. The molecular formula is C12H22N2O. The highest BCUT2D eigenvalue weighted by atomic mass is 16.1. The van der Waals surface area contributed by atoms with Crippen LogP contribution in [0.4, 0.5) is 11.4 Å². The van der Waals surface area contributed by atoms with Gasteiger partial charge in [0.1, 0.15) is 0 Å². The average Bonchev–Trinajstić information content (AvgIpc) is 2.27. The summed E-state index contributed by atoms with van der Waals surface area (Å²) in [5, 5.41) is 0. The lowest BCUT2D eigenvalue weighted by molar-refractivity contribution is 0.101. The normalized spacial score (nSPS) is 7.80. The first-order valence-electron chi connectivity index (χ1n) is 5.27. The third-order valence-corrected chi connectivity index (χ3v) is 1.49. The number of anilines is 2. The summed E-state index contributed by atoms with van der Waals surface area (Å²) < 4.78 is 0. The minimum absolute atomic E-state index is 0.00306. The highest BCUT2D eigenvalue weighted by Gasteiger charge is 2.00. The molecule has 0 aliphatic heterocycles. The first kappa shape index (κ1) is 15.9. The van der Waals surface area contributed by atoms with Crippen LogP contribution in [0.1, 0.15) is 45.0 Å². The second-order valence-corrected chi connectivity index (χ2v) is 2.40. The molecule has 1 aromatic rings. The number of rotatable bonds is 1. The van der Waals surface area contributed by atoms with Crippen LogP contribution in [-0.2, 0) is 0 Å². The number of Topliss-reactive ketones (excluding diaryl/α,β-unsaturated/α-hetero) is 1. The van der Waals surface area contributed by atoms with E-state index >= 15 is 0 Å². The molecule has 0 fully saturated rings. The standard InChI is InChI=1S/C8H10N2O.2C2H6/c1-5(11)6-2-3-7(9)8(10)4-6;2*1-2/h2-4H,9-10H2,1H3;2*1-2H3.